The number of rotatable bonds is 6. The summed E-state index contributed by atoms with van der Waals surface area (Å²) in [6.45, 7) is -0.949. The Labute approximate surface area is 149 Å². The fraction of sp³-hybridized carbons (Fsp3) is 0.211. The van der Waals surface area contributed by atoms with Crippen molar-refractivity contribution < 1.29 is 23.0 Å². The van der Waals surface area contributed by atoms with E-state index in [0.29, 0.717) is 5.69 Å². The van der Waals surface area contributed by atoms with Crippen LogP contribution in [0.2, 0.25) is 0 Å². The number of amides is 1. The van der Waals surface area contributed by atoms with Gasteiger partial charge in [-0.05, 0) is 36.6 Å². The smallest absolute Gasteiger partial charge is 0.387 e. The van der Waals surface area contributed by atoms with Gasteiger partial charge in [0, 0.05) is 23.0 Å². The van der Waals surface area contributed by atoms with Gasteiger partial charge in [0.25, 0.3) is 0 Å². The fourth-order valence-corrected chi connectivity index (χ4v) is 2.84. The minimum atomic E-state index is -2.98. The Morgan fingerprint density at radius 3 is 2.65 bits per heavy atom. The second-order valence-electron chi connectivity index (χ2n) is 5.72. The lowest BCUT2D eigenvalue weighted by molar-refractivity contribution is -0.116. The molecule has 0 spiro atoms. The first-order chi connectivity index (χ1) is 12.5. The second kappa shape index (κ2) is 7.43. The summed E-state index contributed by atoms with van der Waals surface area (Å²) < 4.78 is 36.3. The molecule has 0 saturated carbocycles. The van der Waals surface area contributed by atoms with Crippen molar-refractivity contribution in [3.05, 3.63) is 54.2 Å². The Kier molecular flexibility index (Phi) is 5.06. The predicted octanol–water partition coefficient (Wildman–Crippen LogP) is 4.20. The number of hydrogen-bond acceptors (Lipinski definition) is 3. The van der Waals surface area contributed by atoms with Crippen LogP contribution in [-0.2, 0) is 11.3 Å². The largest absolute Gasteiger partial charge is 0.493 e. The molecule has 0 aliphatic heterocycles. The van der Waals surface area contributed by atoms with E-state index in [9.17, 15) is 13.6 Å². The highest BCUT2D eigenvalue weighted by Crippen LogP contribution is 2.31. The molecule has 0 saturated heterocycles. The van der Waals surface area contributed by atoms with E-state index in [2.05, 4.69) is 10.1 Å². The standard InChI is InChI=1S/C19H18F2N2O3/c1-12-9-13-5-3-4-6-15(13)23(12)11-18(24)22-14-7-8-16(25-2)17(10-14)26-19(20)21/h3-10,19H,11H2,1-2H3,(H,22,24). The van der Waals surface area contributed by atoms with Crippen molar-refractivity contribution in [1.29, 1.82) is 0 Å². The lowest BCUT2D eigenvalue weighted by atomic mass is 10.2. The van der Waals surface area contributed by atoms with Gasteiger partial charge in [0.1, 0.15) is 6.54 Å². The van der Waals surface area contributed by atoms with Crippen LogP contribution in [0.3, 0.4) is 0 Å². The first-order valence-corrected chi connectivity index (χ1v) is 7.95. The molecule has 1 heterocycles. The molecule has 1 amide bonds. The van der Waals surface area contributed by atoms with E-state index >= 15 is 0 Å². The van der Waals surface area contributed by atoms with Gasteiger partial charge < -0.3 is 19.4 Å². The van der Waals surface area contributed by atoms with E-state index in [1.54, 1.807) is 6.07 Å². The van der Waals surface area contributed by atoms with E-state index < -0.39 is 6.61 Å². The first kappa shape index (κ1) is 17.7. The normalized spacial score (nSPS) is 11.0. The van der Waals surface area contributed by atoms with E-state index in [-0.39, 0.29) is 24.0 Å². The third-order valence-corrected chi connectivity index (χ3v) is 3.98. The Hall–Kier alpha value is -3.09. The van der Waals surface area contributed by atoms with Crippen LogP contribution < -0.4 is 14.8 Å². The number of hydrogen-bond donors (Lipinski definition) is 1. The van der Waals surface area contributed by atoms with Gasteiger partial charge in [0.2, 0.25) is 5.91 Å². The SMILES string of the molecule is COc1ccc(NC(=O)Cn2c(C)cc3ccccc32)cc1OC(F)F. The maximum absolute atomic E-state index is 12.5. The van der Waals surface area contributed by atoms with Crippen molar-refractivity contribution in [2.75, 3.05) is 12.4 Å². The van der Waals surface area contributed by atoms with E-state index in [1.807, 2.05) is 41.8 Å². The van der Waals surface area contributed by atoms with Gasteiger partial charge in [-0.1, -0.05) is 18.2 Å². The highest BCUT2D eigenvalue weighted by atomic mass is 19.3. The van der Waals surface area contributed by atoms with Gasteiger partial charge in [-0.15, -0.1) is 0 Å². The summed E-state index contributed by atoms with van der Waals surface area (Å²) in [5.41, 5.74) is 2.26. The van der Waals surface area contributed by atoms with Crippen LogP contribution in [0.25, 0.3) is 10.9 Å². The van der Waals surface area contributed by atoms with Crippen LogP contribution in [0, 0.1) is 6.92 Å². The number of carbonyl (C=O) groups excluding carboxylic acids is 1. The lowest BCUT2D eigenvalue weighted by Crippen LogP contribution is -2.19. The number of carbonyl (C=O) groups is 1. The molecule has 0 unspecified atom stereocenters. The molecule has 0 fully saturated rings. The molecule has 0 atom stereocenters. The third-order valence-electron chi connectivity index (χ3n) is 3.98. The lowest BCUT2D eigenvalue weighted by Gasteiger charge is -2.13. The molecule has 136 valence electrons. The minimum Gasteiger partial charge on any atom is -0.493 e. The zero-order valence-corrected chi connectivity index (χ0v) is 14.3. The summed E-state index contributed by atoms with van der Waals surface area (Å²) in [7, 11) is 1.35. The molecule has 3 aromatic rings. The summed E-state index contributed by atoms with van der Waals surface area (Å²) >= 11 is 0. The van der Waals surface area contributed by atoms with Crippen molar-refractivity contribution in [3.8, 4) is 11.5 Å². The Balaban J connectivity index is 1.78. The van der Waals surface area contributed by atoms with Gasteiger partial charge in [-0.3, -0.25) is 4.79 Å². The molecule has 0 radical (unpaired) electrons. The van der Waals surface area contributed by atoms with Crippen molar-refractivity contribution >= 4 is 22.5 Å². The molecule has 3 rings (SSSR count). The van der Waals surface area contributed by atoms with Crippen molar-refractivity contribution in [3.63, 3.8) is 0 Å². The van der Waals surface area contributed by atoms with Gasteiger partial charge in [-0.2, -0.15) is 8.78 Å². The second-order valence-corrected chi connectivity index (χ2v) is 5.72. The maximum atomic E-state index is 12.5. The van der Waals surface area contributed by atoms with Gasteiger partial charge >= 0.3 is 6.61 Å². The van der Waals surface area contributed by atoms with Crippen LogP contribution in [0.1, 0.15) is 5.69 Å². The molecular weight excluding hydrogens is 342 g/mol. The highest BCUT2D eigenvalue weighted by Gasteiger charge is 2.14. The van der Waals surface area contributed by atoms with Gasteiger partial charge in [-0.25, -0.2) is 0 Å². The highest BCUT2D eigenvalue weighted by molar-refractivity contribution is 5.92. The van der Waals surface area contributed by atoms with Gasteiger partial charge in [0.05, 0.1) is 7.11 Å². The Morgan fingerprint density at radius 1 is 1.15 bits per heavy atom. The Morgan fingerprint density at radius 2 is 1.92 bits per heavy atom. The Bertz CT molecular complexity index is 938. The van der Waals surface area contributed by atoms with E-state index in [4.69, 9.17) is 4.74 Å². The van der Waals surface area contributed by atoms with E-state index in [1.165, 1.54) is 19.2 Å². The van der Waals surface area contributed by atoms with Crippen LogP contribution in [0.4, 0.5) is 14.5 Å². The number of alkyl halides is 2. The number of nitrogens with zero attached hydrogens (tertiary/aromatic N) is 1. The molecular formula is C19H18F2N2O3. The van der Waals surface area contributed by atoms with Crippen LogP contribution in [-0.4, -0.2) is 24.2 Å². The molecule has 0 aliphatic rings. The van der Waals surface area contributed by atoms with Gasteiger partial charge in [0.15, 0.2) is 11.5 Å². The minimum absolute atomic E-state index is 0.108. The number of para-hydroxylation sites is 1. The average molecular weight is 360 g/mol. The molecule has 1 aromatic heterocycles. The number of nitrogens with one attached hydrogen (secondary N) is 1. The third kappa shape index (κ3) is 3.77. The van der Waals surface area contributed by atoms with Crippen LogP contribution >= 0.6 is 0 Å². The number of ether oxygens (including phenoxy) is 2. The summed E-state index contributed by atoms with van der Waals surface area (Å²) in [5.74, 6) is -0.249. The number of anilines is 1. The zero-order valence-electron chi connectivity index (χ0n) is 14.3. The topological polar surface area (TPSA) is 52.5 Å². The first-order valence-electron chi connectivity index (χ1n) is 7.95. The number of methoxy groups -OCH3 is 1. The molecule has 0 aliphatic carbocycles. The van der Waals surface area contributed by atoms with Crippen LogP contribution in [0.15, 0.2) is 48.5 Å². The maximum Gasteiger partial charge on any atom is 0.387 e. The van der Waals surface area contributed by atoms with E-state index in [0.717, 1.165) is 16.6 Å². The monoisotopic (exact) mass is 360 g/mol. The zero-order chi connectivity index (χ0) is 18.7. The average Bonchev–Trinajstić information content (AvgIpc) is 2.90. The fourth-order valence-electron chi connectivity index (χ4n) is 2.84. The number of aromatic nitrogens is 1. The molecule has 2 aromatic carbocycles. The summed E-state index contributed by atoms with van der Waals surface area (Å²) in [6, 6.07) is 14.1. The van der Waals surface area contributed by atoms with Crippen LogP contribution in [0.5, 0.6) is 11.5 Å². The van der Waals surface area contributed by atoms with Crippen molar-refractivity contribution in [2.24, 2.45) is 0 Å². The molecule has 0 bridgehead atoms. The molecule has 26 heavy (non-hydrogen) atoms. The number of benzene rings is 2. The van der Waals surface area contributed by atoms with Crippen molar-refractivity contribution in [2.45, 2.75) is 20.1 Å². The summed E-state index contributed by atoms with van der Waals surface area (Å²) in [4.78, 5) is 12.4. The number of fused-ring (bicyclic) bond motifs is 1. The quantitative estimate of drug-likeness (QED) is 0.717. The number of halogens is 2. The molecule has 5 nitrogen and oxygen atoms in total. The molecule has 7 heteroatoms. The predicted molar refractivity (Wildman–Crippen MR) is 94.9 cm³/mol. The summed E-state index contributed by atoms with van der Waals surface area (Å²) in [6.07, 6.45) is 0. The molecule has 1 N–H and O–H groups in total. The van der Waals surface area contributed by atoms with Crippen molar-refractivity contribution in [1.82, 2.24) is 4.57 Å². The number of aryl methyl sites for hydroxylation is 1. The summed E-state index contributed by atoms with van der Waals surface area (Å²) in [5, 5.41) is 3.75.